The molecule has 0 amide bonds. The second-order valence-corrected chi connectivity index (χ2v) is 4.76. The Balaban J connectivity index is 1.79. The lowest BCUT2D eigenvalue weighted by Gasteiger charge is -1.97. The first-order chi connectivity index (χ1) is 9.26. The summed E-state index contributed by atoms with van der Waals surface area (Å²) in [7, 11) is 0. The van der Waals surface area contributed by atoms with Gasteiger partial charge in [0.1, 0.15) is 12.2 Å². The Bertz CT molecular complexity index is 758. The summed E-state index contributed by atoms with van der Waals surface area (Å²) in [5.74, 6) is 1.74. The summed E-state index contributed by atoms with van der Waals surface area (Å²) in [5.41, 5.74) is 0.479. The molecule has 3 aromatic rings. The van der Waals surface area contributed by atoms with E-state index >= 15 is 0 Å². The summed E-state index contributed by atoms with van der Waals surface area (Å²) in [5, 5.41) is 10.3. The molecule has 0 saturated heterocycles. The van der Waals surface area contributed by atoms with Crippen molar-refractivity contribution in [3.05, 3.63) is 34.3 Å². The van der Waals surface area contributed by atoms with Gasteiger partial charge in [0.2, 0.25) is 5.16 Å². The van der Waals surface area contributed by atoms with Crippen LogP contribution in [-0.4, -0.2) is 34.8 Å². The standard InChI is InChI=1S/C10H11N7OS/c1-2-7-14-10(16-15-7)19-4-6-3-8(18)17-9(13-6)11-5-12-17/h3,5H,2,4H2,1H3,(H,11,12,13)(H,14,15,16). The number of aromatic nitrogens is 7. The molecule has 0 unspecified atom stereocenters. The van der Waals surface area contributed by atoms with Crippen LogP contribution in [-0.2, 0) is 12.2 Å². The van der Waals surface area contributed by atoms with Crippen molar-refractivity contribution in [1.29, 1.82) is 0 Å². The number of nitrogens with zero attached hydrogens (tertiary/aromatic N) is 5. The molecule has 2 N–H and O–H groups in total. The van der Waals surface area contributed by atoms with Crippen LogP contribution >= 0.6 is 11.8 Å². The molecule has 0 atom stereocenters. The SMILES string of the molecule is CCc1nc(SCc2cc(=O)n3[nH]cnc3n2)n[nH]1. The smallest absolute Gasteiger partial charge is 0.274 e. The Kier molecular flexibility index (Phi) is 3.03. The van der Waals surface area contributed by atoms with Gasteiger partial charge in [-0.3, -0.25) is 15.0 Å². The average Bonchev–Trinajstić information content (AvgIpc) is 3.05. The minimum atomic E-state index is -0.178. The van der Waals surface area contributed by atoms with Crippen molar-refractivity contribution in [2.45, 2.75) is 24.3 Å². The second-order valence-electron chi connectivity index (χ2n) is 3.82. The molecular formula is C10H11N7OS. The first kappa shape index (κ1) is 11.9. The van der Waals surface area contributed by atoms with E-state index < -0.39 is 0 Å². The zero-order valence-corrected chi connectivity index (χ0v) is 10.9. The van der Waals surface area contributed by atoms with E-state index in [0.717, 1.165) is 12.2 Å². The van der Waals surface area contributed by atoms with E-state index in [4.69, 9.17) is 0 Å². The minimum Gasteiger partial charge on any atom is -0.278 e. The molecule has 3 rings (SSSR count). The van der Waals surface area contributed by atoms with Gasteiger partial charge in [-0.05, 0) is 0 Å². The molecular weight excluding hydrogens is 266 g/mol. The maximum atomic E-state index is 11.7. The van der Waals surface area contributed by atoms with E-state index in [2.05, 4.69) is 30.2 Å². The molecule has 98 valence electrons. The number of thioether (sulfide) groups is 1. The highest BCUT2D eigenvalue weighted by molar-refractivity contribution is 7.98. The summed E-state index contributed by atoms with van der Waals surface area (Å²) in [6, 6.07) is 1.48. The molecule has 0 spiro atoms. The van der Waals surface area contributed by atoms with E-state index in [-0.39, 0.29) is 5.56 Å². The van der Waals surface area contributed by atoms with Gasteiger partial charge < -0.3 is 0 Å². The van der Waals surface area contributed by atoms with Gasteiger partial charge in [-0.15, -0.1) is 5.10 Å². The van der Waals surface area contributed by atoms with E-state index in [1.807, 2.05) is 6.92 Å². The monoisotopic (exact) mass is 277 g/mol. The van der Waals surface area contributed by atoms with Crippen molar-refractivity contribution >= 4 is 17.5 Å². The molecule has 8 nitrogen and oxygen atoms in total. The maximum Gasteiger partial charge on any atom is 0.274 e. The fourth-order valence-corrected chi connectivity index (χ4v) is 2.29. The molecule has 0 saturated carbocycles. The molecule has 9 heteroatoms. The highest BCUT2D eigenvalue weighted by atomic mass is 32.2. The van der Waals surface area contributed by atoms with Crippen molar-refractivity contribution in [2.75, 3.05) is 0 Å². The molecule has 0 aliphatic carbocycles. The molecule has 19 heavy (non-hydrogen) atoms. The van der Waals surface area contributed by atoms with Crippen molar-refractivity contribution in [2.24, 2.45) is 0 Å². The summed E-state index contributed by atoms with van der Waals surface area (Å²) in [6.07, 6.45) is 2.25. The Hall–Kier alpha value is -2.16. The first-order valence-electron chi connectivity index (χ1n) is 5.72. The fraction of sp³-hybridized carbons (Fsp3) is 0.300. The average molecular weight is 277 g/mol. The van der Waals surface area contributed by atoms with Gasteiger partial charge >= 0.3 is 0 Å². The predicted molar refractivity (Wildman–Crippen MR) is 68.9 cm³/mol. The van der Waals surface area contributed by atoms with Gasteiger partial charge in [-0.25, -0.2) is 15.0 Å². The fourth-order valence-electron chi connectivity index (χ4n) is 1.58. The predicted octanol–water partition coefficient (Wildman–Crippen LogP) is 0.390. The van der Waals surface area contributed by atoms with Gasteiger partial charge in [0.15, 0.2) is 0 Å². The Morgan fingerprint density at radius 3 is 3.11 bits per heavy atom. The van der Waals surface area contributed by atoms with Crippen LogP contribution in [0.25, 0.3) is 5.78 Å². The highest BCUT2D eigenvalue weighted by Crippen LogP contribution is 2.17. The summed E-state index contributed by atoms with van der Waals surface area (Å²) in [6.45, 7) is 2.00. The van der Waals surface area contributed by atoms with E-state index in [0.29, 0.717) is 22.4 Å². The van der Waals surface area contributed by atoms with Crippen molar-refractivity contribution in [1.82, 2.24) is 34.8 Å². The number of aromatic amines is 2. The normalized spacial score (nSPS) is 11.2. The quantitative estimate of drug-likeness (QED) is 0.668. The lowest BCUT2D eigenvalue weighted by molar-refractivity contribution is 0.886. The minimum absolute atomic E-state index is 0.178. The summed E-state index contributed by atoms with van der Waals surface area (Å²) in [4.78, 5) is 24.2. The van der Waals surface area contributed by atoms with E-state index in [1.165, 1.54) is 28.7 Å². The molecule has 3 heterocycles. The van der Waals surface area contributed by atoms with E-state index in [9.17, 15) is 4.79 Å². The zero-order chi connectivity index (χ0) is 13.2. The number of nitrogens with one attached hydrogen (secondary N) is 2. The Labute approximate surface area is 111 Å². The molecule has 0 aliphatic rings. The van der Waals surface area contributed by atoms with Crippen LogP contribution in [0.2, 0.25) is 0 Å². The largest absolute Gasteiger partial charge is 0.278 e. The van der Waals surface area contributed by atoms with Crippen LogP contribution in [0.3, 0.4) is 0 Å². The number of aryl methyl sites for hydroxylation is 1. The Morgan fingerprint density at radius 2 is 2.32 bits per heavy atom. The number of hydrogen-bond acceptors (Lipinski definition) is 6. The van der Waals surface area contributed by atoms with Crippen LogP contribution in [0, 0.1) is 0 Å². The molecule has 0 bridgehead atoms. The van der Waals surface area contributed by atoms with Crippen molar-refractivity contribution in [3.8, 4) is 0 Å². The first-order valence-corrected chi connectivity index (χ1v) is 6.71. The van der Waals surface area contributed by atoms with Crippen LogP contribution in [0.1, 0.15) is 18.4 Å². The van der Waals surface area contributed by atoms with Gasteiger partial charge in [0.05, 0.1) is 5.69 Å². The van der Waals surface area contributed by atoms with Gasteiger partial charge in [-0.1, -0.05) is 18.7 Å². The van der Waals surface area contributed by atoms with Gasteiger partial charge in [0, 0.05) is 18.2 Å². The van der Waals surface area contributed by atoms with Gasteiger partial charge in [0.25, 0.3) is 11.3 Å². The maximum absolute atomic E-state index is 11.7. The highest BCUT2D eigenvalue weighted by Gasteiger charge is 2.07. The lowest BCUT2D eigenvalue weighted by atomic mass is 10.4. The van der Waals surface area contributed by atoms with Crippen LogP contribution < -0.4 is 5.56 Å². The second kappa shape index (κ2) is 4.84. The number of rotatable bonds is 4. The molecule has 0 fully saturated rings. The third kappa shape index (κ3) is 2.36. The van der Waals surface area contributed by atoms with Crippen molar-refractivity contribution < 1.29 is 0 Å². The Morgan fingerprint density at radius 1 is 1.42 bits per heavy atom. The number of fused-ring (bicyclic) bond motifs is 1. The summed E-state index contributed by atoms with van der Waals surface area (Å²) >= 11 is 1.43. The molecule has 0 radical (unpaired) electrons. The topological polar surface area (TPSA) is 105 Å². The molecule has 0 aromatic carbocycles. The third-order valence-electron chi connectivity index (χ3n) is 2.52. The summed E-state index contributed by atoms with van der Waals surface area (Å²) < 4.78 is 1.29. The van der Waals surface area contributed by atoms with Crippen LogP contribution in [0.4, 0.5) is 0 Å². The lowest BCUT2D eigenvalue weighted by Crippen LogP contribution is -2.15. The van der Waals surface area contributed by atoms with E-state index in [1.54, 1.807) is 0 Å². The number of hydrogen-bond donors (Lipinski definition) is 2. The third-order valence-corrected chi connectivity index (χ3v) is 3.40. The molecule has 3 aromatic heterocycles. The van der Waals surface area contributed by atoms with Crippen LogP contribution in [0.5, 0.6) is 0 Å². The van der Waals surface area contributed by atoms with Crippen molar-refractivity contribution in [3.63, 3.8) is 0 Å². The van der Waals surface area contributed by atoms with Crippen LogP contribution in [0.15, 0.2) is 22.3 Å². The zero-order valence-electron chi connectivity index (χ0n) is 10.1. The number of H-pyrrole nitrogens is 2. The molecule has 0 aliphatic heterocycles. The van der Waals surface area contributed by atoms with Gasteiger partial charge in [-0.2, -0.15) is 4.52 Å².